The van der Waals surface area contributed by atoms with Crippen LogP contribution < -0.4 is 14.8 Å². The Labute approximate surface area is 152 Å². The Morgan fingerprint density at radius 3 is 2.60 bits per heavy atom. The highest BCUT2D eigenvalue weighted by molar-refractivity contribution is 6.30. The average molecular weight is 364 g/mol. The number of hydrogen-bond donors (Lipinski definition) is 2. The standard InChI is InChI=1S/C19H22ClNO4/c1-13-4-3-5-18(10-13)24-12-16(22)11-21-19(23)14(2)25-17-8-6-15(20)7-9-17/h3-10,14,16,22H,11-12H2,1-2H3,(H,21,23). The molecule has 0 bridgehead atoms. The van der Waals surface area contributed by atoms with Crippen molar-refractivity contribution >= 4 is 17.5 Å². The zero-order valence-electron chi connectivity index (χ0n) is 14.2. The van der Waals surface area contributed by atoms with E-state index in [4.69, 9.17) is 21.1 Å². The first kappa shape index (κ1) is 19.1. The van der Waals surface area contributed by atoms with E-state index in [1.807, 2.05) is 31.2 Å². The number of aliphatic hydroxyl groups is 1. The third kappa shape index (κ3) is 6.64. The molecule has 0 saturated heterocycles. The van der Waals surface area contributed by atoms with Crippen molar-refractivity contribution in [2.45, 2.75) is 26.1 Å². The van der Waals surface area contributed by atoms with Crippen LogP contribution in [0.15, 0.2) is 48.5 Å². The number of aryl methyl sites for hydroxylation is 1. The summed E-state index contributed by atoms with van der Waals surface area (Å²) in [5, 5.41) is 13.2. The van der Waals surface area contributed by atoms with E-state index in [-0.39, 0.29) is 19.1 Å². The zero-order valence-corrected chi connectivity index (χ0v) is 15.0. The highest BCUT2D eigenvalue weighted by Crippen LogP contribution is 2.17. The van der Waals surface area contributed by atoms with Crippen molar-refractivity contribution in [3.05, 3.63) is 59.1 Å². The number of rotatable bonds is 8. The van der Waals surface area contributed by atoms with Crippen molar-refractivity contribution in [2.75, 3.05) is 13.2 Å². The second kappa shape index (κ2) is 9.30. The highest BCUT2D eigenvalue weighted by atomic mass is 35.5. The van der Waals surface area contributed by atoms with Crippen LogP contribution in [0.1, 0.15) is 12.5 Å². The Morgan fingerprint density at radius 2 is 1.92 bits per heavy atom. The molecule has 2 rings (SSSR count). The van der Waals surface area contributed by atoms with Crippen LogP contribution in [0.5, 0.6) is 11.5 Å². The molecule has 5 nitrogen and oxygen atoms in total. The molecule has 2 unspecified atom stereocenters. The molecular weight excluding hydrogens is 342 g/mol. The average Bonchev–Trinajstić information content (AvgIpc) is 2.60. The molecule has 2 aromatic rings. The maximum Gasteiger partial charge on any atom is 0.260 e. The van der Waals surface area contributed by atoms with Crippen molar-refractivity contribution in [1.82, 2.24) is 5.32 Å². The fourth-order valence-corrected chi connectivity index (χ4v) is 2.22. The molecule has 6 heteroatoms. The number of benzene rings is 2. The van der Waals surface area contributed by atoms with Crippen molar-refractivity contribution < 1.29 is 19.4 Å². The summed E-state index contributed by atoms with van der Waals surface area (Å²) in [5.74, 6) is 0.921. The van der Waals surface area contributed by atoms with Crippen molar-refractivity contribution in [2.24, 2.45) is 0 Å². The summed E-state index contributed by atoms with van der Waals surface area (Å²) in [6.07, 6.45) is -1.50. The van der Waals surface area contributed by atoms with Crippen LogP contribution in [0.2, 0.25) is 5.02 Å². The van der Waals surface area contributed by atoms with Gasteiger partial charge in [-0.05, 0) is 55.8 Å². The fraction of sp³-hybridized carbons (Fsp3) is 0.316. The quantitative estimate of drug-likeness (QED) is 0.756. The minimum absolute atomic E-state index is 0.0823. The van der Waals surface area contributed by atoms with Gasteiger partial charge in [0.25, 0.3) is 5.91 Å². The lowest BCUT2D eigenvalue weighted by Gasteiger charge is -2.17. The minimum atomic E-state index is -0.813. The van der Waals surface area contributed by atoms with Crippen LogP contribution in [-0.2, 0) is 4.79 Å². The predicted molar refractivity (Wildman–Crippen MR) is 97.2 cm³/mol. The lowest BCUT2D eigenvalue weighted by Crippen LogP contribution is -2.41. The molecule has 2 atom stereocenters. The second-order valence-electron chi connectivity index (χ2n) is 5.74. The van der Waals surface area contributed by atoms with Gasteiger partial charge in [0.1, 0.15) is 24.2 Å². The summed E-state index contributed by atoms with van der Waals surface area (Å²) in [6, 6.07) is 14.3. The molecule has 0 aromatic heterocycles. The highest BCUT2D eigenvalue weighted by Gasteiger charge is 2.16. The summed E-state index contributed by atoms with van der Waals surface area (Å²) >= 11 is 5.80. The first-order valence-electron chi connectivity index (χ1n) is 8.01. The molecule has 0 spiro atoms. The van der Waals surface area contributed by atoms with E-state index in [0.29, 0.717) is 16.5 Å². The monoisotopic (exact) mass is 363 g/mol. The summed E-state index contributed by atoms with van der Waals surface area (Å²) < 4.78 is 11.0. The van der Waals surface area contributed by atoms with Crippen LogP contribution >= 0.6 is 11.6 Å². The maximum atomic E-state index is 12.0. The molecule has 0 aliphatic carbocycles. The normalized spacial score (nSPS) is 13.0. The molecule has 2 N–H and O–H groups in total. The fourth-order valence-electron chi connectivity index (χ4n) is 2.09. The summed E-state index contributed by atoms with van der Waals surface area (Å²) in [5.41, 5.74) is 1.08. The number of aliphatic hydroxyl groups excluding tert-OH is 1. The molecule has 0 saturated carbocycles. The minimum Gasteiger partial charge on any atom is -0.491 e. The van der Waals surface area contributed by atoms with E-state index in [1.165, 1.54) is 0 Å². The van der Waals surface area contributed by atoms with E-state index in [1.54, 1.807) is 31.2 Å². The SMILES string of the molecule is Cc1cccc(OCC(O)CNC(=O)C(C)Oc2ccc(Cl)cc2)c1. The van der Waals surface area contributed by atoms with Gasteiger partial charge in [-0.25, -0.2) is 0 Å². The number of halogens is 1. The molecule has 0 radical (unpaired) electrons. The predicted octanol–water partition coefficient (Wildman–Crippen LogP) is 2.97. The van der Waals surface area contributed by atoms with Gasteiger partial charge in [-0.2, -0.15) is 0 Å². The third-order valence-electron chi connectivity index (χ3n) is 3.44. The Hall–Kier alpha value is -2.24. The van der Waals surface area contributed by atoms with Gasteiger partial charge < -0.3 is 19.9 Å². The smallest absolute Gasteiger partial charge is 0.260 e. The van der Waals surface area contributed by atoms with Crippen molar-refractivity contribution in [1.29, 1.82) is 0 Å². The topological polar surface area (TPSA) is 67.8 Å². The molecule has 1 amide bonds. The molecule has 0 aliphatic heterocycles. The number of carbonyl (C=O) groups is 1. The molecule has 134 valence electrons. The molecule has 2 aromatic carbocycles. The first-order chi connectivity index (χ1) is 11.9. The second-order valence-corrected chi connectivity index (χ2v) is 6.18. The van der Waals surface area contributed by atoms with E-state index in [2.05, 4.69) is 5.32 Å². The van der Waals surface area contributed by atoms with Crippen molar-refractivity contribution in [3.8, 4) is 11.5 Å². The third-order valence-corrected chi connectivity index (χ3v) is 3.69. The Balaban J connectivity index is 1.71. The summed E-state index contributed by atoms with van der Waals surface area (Å²) in [4.78, 5) is 12.0. The number of hydrogen-bond acceptors (Lipinski definition) is 4. The van der Waals surface area contributed by atoms with E-state index in [9.17, 15) is 9.90 Å². The summed E-state index contributed by atoms with van der Waals surface area (Å²) in [7, 11) is 0. The van der Waals surface area contributed by atoms with Crippen LogP contribution in [0.4, 0.5) is 0 Å². The number of amides is 1. The van der Waals surface area contributed by atoms with E-state index >= 15 is 0 Å². The first-order valence-corrected chi connectivity index (χ1v) is 8.39. The van der Waals surface area contributed by atoms with Crippen LogP contribution in [0.3, 0.4) is 0 Å². The van der Waals surface area contributed by atoms with Gasteiger partial charge in [0, 0.05) is 11.6 Å². The molecule has 0 aliphatic rings. The molecule has 0 heterocycles. The lowest BCUT2D eigenvalue weighted by atomic mass is 10.2. The van der Waals surface area contributed by atoms with Crippen LogP contribution in [-0.4, -0.2) is 36.4 Å². The molecular formula is C19H22ClNO4. The van der Waals surface area contributed by atoms with Gasteiger partial charge in [-0.1, -0.05) is 23.7 Å². The van der Waals surface area contributed by atoms with Gasteiger partial charge >= 0.3 is 0 Å². The molecule has 0 fully saturated rings. The van der Waals surface area contributed by atoms with Gasteiger partial charge in [-0.3, -0.25) is 4.79 Å². The van der Waals surface area contributed by atoms with Gasteiger partial charge in [0.15, 0.2) is 6.10 Å². The molecule has 25 heavy (non-hydrogen) atoms. The Bertz CT molecular complexity index is 690. The Kier molecular flexibility index (Phi) is 7.10. The van der Waals surface area contributed by atoms with Crippen LogP contribution in [0.25, 0.3) is 0 Å². The number of ether oxygens (including phenoxy) is 2. The largest absolute Gasteiger partial charge is 0.491 e. The van der Waals surface area contributed by atoms with Gasteiger partial charge in [0.2, 0.25) is 0 Å². The number of carbonyl (C=O) groups excluding carboxylic acids is 1. The number of nitrogens with one attached hydrogen (secondary N) is 1. The maximum absolute atomic E-state index is 12.0. The van der Waals surface area contributed by atoms with Gasteiger partial charge in [-0.15, -0.1) is 0 Å². The van der Waals surface area contributed by atoms with Crippen molar-refractivity contribution in [3.63, 3.8) is 0 Å². The summed E-state index contributed by atoms with van der Waals surface area (Å²) in [6.45, 7) is 3.78. The van der Waals surface area contributed by atoms with E-state index in [0.717, 1.165) is 5.56 Å². The Morgan fingerprint density at radius 1 is 1.20 bits per heavy atom. The van der Waals surface area contributed by atoms with E-state index < -0.39 is 12.2 Å². The zero-order chi connectivity index (χ0) is 18.2. The lowest BCUT2D eigenvalue weighted by molar-refractivity contribution is -0.127. The van der Waals surface area contributed by atoms with Crippen LogP contribution in [0, 0.1) is 6.92 Å². The van der Waals surface area contributed by atoms with Gasteiger partial charge in [0.05, 0.1) is 0 Å².